The standard InChI is InChI=1S/C12H16ClN3O2/c1-12(2,11(14)18)15-7-10(17)16-9-6-4-3-5-8(9)13/h3-6,15H,7H2,1-2H3,(H2,14,18)(H,16,17). The molecule has 5 nitrogen and oxygen atoms in total. The molecule has 0 aliphatic carbocycles. The first kappa shape index (κ1) is 14.5. The maximum Gasteiger partial charge on any atom is 0.238 e. The Balaban J connectivity index is 2.54. The largest absolute Gasteiger partial charge is 0.368 e. The Morgan fingerprint density at radius 3 is 2.50 bits per heavy atom. The van der Waals surface area contributed by atoms with Crippen molar-refractivity contribution in [2.24, 2.45) is 5.73 Å². The molecule has 1 aromatic rings. The van der Waals surface area contributed by atoms with Gasteiger partial charge in [-0.3, -0.25) is 14.9 Å². The molecule has 6 heteroatoms. The third-order valence-corrected chi connectivity index (χ3v) is 2.78. The molecule has 2 amide bonds. The molecule has 0 bridgehead atoms. The van der Waals surface area contributed by atoms with Gasteiger partial charge in [0.15, 0.2) is 0 Å². The van der Waals surface area contributed by atoms with Crippen LogP contribution in [0.15, 0.2) is 24.3 Å². The molecule has 0 saturated carbocycles. The summed E-state index contributed by atoms with van der Waals surface area (Å²) in [6, 6.07) is 6.91. The number of carbonyl (C=O) groups is 2. The first-order valence-electron chi connectivity index (χ1n) is 5.42. The van der Waals surface area contributed by atoms with Crippen molar-refractivity contribution in [1.29, 1.82) is 0 Å². The molecule has 0 saturated heterocycles. The van der Waals surface area contributed by atoms with Crippen LogP contribution in [0.3, 0.4) is 0 Å². The fourth-order valence-corrected chi connectivity index (χ4v) is 1.33. The van der Waals surface area contributed by atoms with Gasteiger partial charge in [0.25, 0.3) is 0 Å². The molecule has 0 aliphatic rings. The number of carbonyl (C=O) groups excluding carboxylic acids is 2. The molecule has 1 rings (SSSR count). The molecular formula is C12H16ClN3O2. The molecule has 0 spiro atoms. The summed E-state index contributed by atoms with van der Waals surface area (Å²) in [5.74, 6) is -0.814. The van der Waals surface area contributed by atoms with Crippen molar-refractivity contribution in [1.82, 2.24) is 5.32 Å². The molecular weight excluding hydrogens is 254 g/mol. The Hall–Kier alpha value is -1.59. The average Bonchev–Trinajstić information content (AvgIpc) is 2.29. The Labute approximate surface area is 111 Å². The Morgan fingerprint density at radius 1 is 1.33 bits per heavy atom. The normalized spacial score (nSPS) is 11.1. The number of hydrogen-bond donors (Lipinski definition) is 3. The fraction of sp³-hybridized carbons (Fsp3) is 0.333. The third kappa shape index (κ3) is 4.01. The number of amides is 2. The lowest BCUT2D eigenvalue weighted by molar-refractivity contribution is -0.123. The van der Waals surface area contributed by atoms with Crippen molar-refractivity contribution in [3.63, 3.8) is 0 Å². The molecule has 0 fully saturated rings. The van der Waals surface area contributed by atoms with Crippen molar-refractivity contribution < 1.29 is 9.59 Å². The highest BCUT2D eigenvalue weighted by Gasteiger charge is 2.24. The van der Waals surface area contributed by atoms with Gasteiger partial charge in [0.05, 0.1) is 22.8 Å². The van der Waals surface area contributed by atoms with E-state index in [9.17, 15) is 9.59 Å². The van der Waals surface area contributed by atoms with E-state index in [1.54, 1.807) is 38.1 Å². The van der Waals surface area contributed by atoms with Crippen molar-refractivity contribution in [2.75, 3.05) is 11.9 Å². The monoisotopic (exact) mass is 269 g/mol. The summed E-state index contributed by atoms with van der Waals surface area (Å²) in [7, 11) is 0. The van der Waals surface area contributed by atoms with Crippen LogP contribution in [-0.2, 0) is 9.59 Å². The topological polar surface area (TPSA) is 84.2 Å². The predicted octanol–water partition coefficient (Wildman–Crippen LogP) is 1.13. The highest BCUT2D eigenvalue weighted by Crippen LogP contribution is 2.20. The summed E-state index contributed by atoms with van der Waals surface area (Å²) in [6.07, 6.45) is 0. The number of rotatable bonds is 5. The van der Waals surface area contributed by atoms with Gasteiger partial charge in [-0.2, -0.15) is 0 Å². The van der Waals surface area contributed by atoms with Gasteiger partial charge in [-0.15, -0.1) is 0 Å². The van der Waals surface area contributed by atoms with E-state index in [0.717, 1.165) is 0 Å². The third-order valence-electron chi connectivity index (χ3n) is 2.45. The smallest absolute Gasteiger partial charge is 0.238 e. The maximum absolute atomic E-state index is 11.6. The second kappa shape index (κ2) is 5.84. The van der Waals surface area contributed by atoms with Crippen LogP contribution in [0.2, 0.25) is 5.02 Å². The molecule has 4 N–H and O–H groups in total. The van der Waals surface area contributed by atoms with E-state index >= 15 is 0 Å². The van der Waals surface area contributed by atoms with Crippen LogP contribution in [-0.4, -0.2) is 23.9 Å². The number of nitrogens with two attached hydrogens (primary N) is 1. The van der Waals surface area contributed by atoms with Crippen LogP contribution in [0.5, 0.6) is 0 Å². The molecule has 18 heavy (non-hydrogen) atoms. The van der Waals surface area contributed by atoms with E-state index in [1.165, 1.54) is 0 Å². The number of nitrogens with one attached hydrogen (secondary N) is 2. The van der Waals surface area contributed by atoms with Gasteiger partial charge < -0.3 is 11.1 Å². The molecule has 0 unspecified atom stereocenters. The van der Waals surface area contributed by atoms with E-state index in [2.05, 4.69) is 10.6 Å². The van der Waals surface area contributed by atoms with Gasteiger partial charge in [0.1, 0.15) is 0 Å². The molecule has 0 atom stereocenters. The number of benzene rings is 1. The lowest BCUT2D eigenvalue weighted by Crippen LogP contribution is -2.52. The van der Waals surface area contributed by atoms with E-state index < -0.39 is 11.4 Å². The highest BCUT2D eigenvalue weighted by atomic mass is 35.5. The van der Waals surface area contributed by atoms with Gasteiger partial charge in [0.2, 0.25) is 11.8 Å². The Morgan fingerprint density at radius 2 is 1.94 bits per heavy atom. The number of para-hydroxylation sites is 1. The van der Waals surface area contributed by atoms with Gasteiger partial charge in [-0.05, 0) is 26.0 Å². The first-order chi connectivity index (χ1) is 8.33. The maximum atomic E-state index is 11.6. The van der Waals surface area contributed by atoms with Crippen LogP contribution >= 0.6 is 11.6 Å². The van der Waals surface area contributed by atoms with E-state index in [4.69, 9.17) is 17.3 Å². The van der Waals surface area contributed by atoms with Crippen molar-refractivity contribution in [3.05, 3.63) is 29.3 Å². The zero-order chi connectivity index (χ0) is 13.8. The summed E-state index contributed by atoms with van der Waals surface area (Å²) < 4.78 is 0. The van der Waals surface area contributed by atoms with Gasteiger partial charge in [0, 0.05) is 0 Å². The summed E-state index contributed by atoms with van der Waals surface area (Å²) >= 11 is 5.90. The SMILES string of the molecule is CC(C)(NCC(=O)Nc1ccccc1Cl)C(N)=O. The van der Waals surface area contributed by atoms with E-state index in [1.807, 2.05) is 0 Å². The van der Waals surface area contributed by atoms with Crippen LogP contribution in [0.4, 0.5) is 5.69 Å². The number of anilines is 1. The first-order valence-corrected chi connectivity index (χ1v) is 5.80. The molecule has 98 valence electrons. The quantitative estimate of drug-likeness (QED) is 0.749. The van der Waals surface area contributed by atoms with Crippen molar-refractivity contribution >= 4 is 29.1 Å². The van der Waals surface area contributed by atoms with Gasteiger partial charge in [-0.25, -0.2) is 0 Å². The van der Waals surface area contributed by atoms with Crippen LogP contribution in [0.25, 0.3) is 0 Å². The second-order valence-corrected chi connectivity index (χ2v) is 4.78. The van der Waals surface area contributed by atoms with Crippen LogP contribution in [0, 0.1) is 0 Å². The van der Waals surface area contributed by atoms with E-state index in [-0.39, 0.29) is 12.5 Å². The van der Waals surface area contributed by atoms with Gasteiger partial charge >= 0.3 is 0 Å². The molecule has 0 radical (unpaired) electrons. The van der Waals surface area contributed by atoms with E-state index in [0.29, 0.717) is 10.7 Å². The Kier molecular flexibility index (Phi) is 4.69. The molecule has 0 aromatic heterocycles. The molecule has 1 aromatic carbocycles. The minimum atomic E-state index is -0.933. The van der Waals surface area contributed by atoms with Crippen LogP contribution in [0.1, 0.15) is 13.8 Å². The molecule has 0 heterocycles. The lowest BCUT2D eigenvalue weighted by Gasteiger charge is -2.21. The minimum absolute atomic E-state index is 0.0266. The van der Waals surface area contributed by atoms with Crippen molar-refractivity contribution in [2.45, 2.75) is 19.4 Å². The lowest BCUT2D eigenvalue weighted by atomic mass is 10.1. The average molecular weight is 270 g/mol. The summed E-state index contributed by atoms with van der Waals surface area (Å²) in [4.78, 5) is 22.7. The van der Waals surface area contributed by atoms with Crippen LogP contribution < -0.4 is 16.4 Å². The summed E-state index contributed by atoms with van der Waals surface area (Å²) in [6.45, 7) is 3.19. The summed E-state index contributed by atoms with van der Waals surface area (Å²) in [5, 5.41) is 5.86. The highest BCUT2D eigenvalue weighted by molar-refractivity contribution is 6.33. The number of halogens is 1. The second-order valence-electron chi connectivity index (χ2n) is 4.37. The fourth-order valence-electron chi connectivity index (χ4n) is 1.15. The number of primary amides is 1. The van der Waals surface area contributed by atoms with Gasteiger partial charge in [-0.1, -0.05) is 23.7 Å². The summed E-state index contributed by atoms with van der Waals surface area (Å²) in [5.41, 5.74) is 4.78. The Bertz CT molecular complexity index is 460. The minimum Gasteiger partial charge on any atom is -0.368 e. The van der Waals surface area contributed by atoms with Crippen molar-refractivity contribution in [3.8, 4) is 0 Å². The molecule has 0 aliphatic heterocycles. The zero-order valence-electron chi connectivity index (χ0n) is 10.3. The number of hydrogen-bond acceptors (Lipinski definition) is 3. The zero-order valence-corrected chi connectivity index (χ0v) is 11.0. The predicted molar refractivity (Wildman–Crippen MR) is 71.4 cm³/mol.